The number of halogens is 3. The fraction of sp³-hybridized carbons (Fsp3) is 0.200. The van der Waals surface area contributed by atoms with Crippen LogP contribution in [0.4, 0.5) is 29.3 Å². The molecule has 5 nitrogen and oxygen atoms in total. The molecule has 2 aliphatic heterocycles. The molecule has 3 amide bonds. The Morgan fingerprint density at radius 1 is 1.03 bits per heavy atom. The highest BCUT2D eigenvalue weighted by Crippen LogP contribution is 2.54. The summed E-state index contributed by atoms with van der Waals surface area (Å²) < 4.78 is 41.7. The van der Waals surface area contributed by atoms with Gasteiger partial charge in [0.15, 0.2) is 4.87 Å². The van der Waals surface area contributed by atoms with Gasteiger partial charge in [-0.2, -0.15) is 0 Å². The number of thioether (sulfide) groups is 1. The number of nitrogens with one attached hydrogen (secondary N) is 1. The summed E-state index contributed by atoms with van der Waals surface area (Å²) in [5, 5.41) is 2.67. The van der Waals surface area contributed by atoms with E-state index < -0.39 is 28.4 Å². The normalized spacial score (nSPS) is 19.1. The van der Waals surface area contributed by atoms with E-state index in [4.69, 9.17) is 0 Å². The second kappa shape index (κ2) is 8.39. The average Bonchev–Trinajstić information content (AvgIpc) is 3.35. The highest BCUT2D eigenvalue weighted by Gasteiger charge is 2.59. The summed E-state index contributed by atoms with van der Waals surface area (Å²) in [5.41, 5.74) is 2.26. The first kappa shape index (κ1) is 22.3. The number of carbonyl (C=O) groups excluding carboxylic acids is 2. The average molecular weight is 484 g/mol. The van der Waals surface area contributed by atoms with E-state index in [2.05, 4.69) is 5.32 Å². The lowest BCUT2D eigenvalue weighted by atomic mass is 10.1. The molecule has 1 N–H and O–H groups in total. The number of urea groups is 1. The molecule has 1 saturated heterocycles. The van der Waals surface area contributed by atoms with E-state index in [-0.39, 0.29) is 24.7 Å². The second-order valence-corrected chi connectivity index (χ2v) is 9.51. The number of amides is 3. The van der Waals surface area contributed by atoms with Crippen molar-refractivity contribution in [3.8, 4) is 0 Å². The van der Waals surface area contributed by atoms with Crippen molar-refractivity contribution in [3.63, 3.8) is 0 Å². The molecule has 1 unspecified atom stereocenters. The van der Waals surface area contributed by atoms with Crippen LogP contribution in [0.15, 0.2) is 60.7 Å². The van der Waals surface area contributed by atoms with Crippen molar-refractivity contribution in [2.24, 2.45) is 0 Å². The number of fused-ring (bicyclic) bond motifs is 2. The van der Waals surface area contributed by atoms with Gasteiger partial charge in [0, 0.05) is 23.5 Å². The minimum absolute atomic E-state index is 0.138. The number of hydrogen-bond donors (Lipinski definition) is 1. The molecule has 0 radical (unpaired) electrons. The van der Waals surface area contributed by atoms with Gasteiger partial charge >= 0.3 is 6.03 Å². The van der Waals surface area contributed by atoms with Gasteiger partial charge < -0.3 is 10.2 Å². The first-order valence-corrected chi connectivity index (χ1v) is 11.6. The Bertz CT molecular complexity index is 1300. The Kier molecular flexibility index (Phi) is 5.51. The van der Waals surface area contributed by atoms with E-state index in [1.807, 2.05) is 0 Å². The molecule has 34 heavy (non-hydrogen) atoms. The molecule has 0 aliphatic carbocycles. The zero-order chi connectivity index (χ0) is 24.0. The quantitative estimate of drug-likeness (QED) is 0.543. The van der Waals surface area contributed by atoms with Gasteiger partial charge in [-0.15, -0.1) is 11.8 Å². The molecule has 0 bridgehead atoms. The minimum atomic E-state index is -1.45. The maximum Gasteiger partial charge on any atom is 0.323 e. The molecule has 174 valence electrons. The third-order valence-electron chi connectivity index (χ3n) is 6.08. The van der Waals surface area contributed by atoms with Gasteiger partial charge in [0.05, 0.1) is 12.2 Å². The van der Waals surface area contributed by atoms with Gasteiger partial charge in [0.25, 0.3) is 5.91 Å². The Hall–Kier alpha value is -3.46. The molecule has 1 atom stereocenters. The van der Waals surface area contributed by atoms with Crippen LogP contribution in [-0.2, 0) is 16.2 Å². The van der Waals surface area contributed by atoms with Crippen LogP contribution in [0, 0.1) is 24.4 Å². The zero-order valence-electron chi connectivity index (χ0n) is 18.1. The van der Waals surface area contributed by atoms with E-state index in [0.717, 1.165) is 0 Å². The number of carbonyl (C=O) groups is 2. The summed E-state index contributed by atoms with van der Waals surface area (Å²) >= 11 is 1.25. The van der Waals surface area contributed by atoms with Crippen LogP contribution in [0.2, 0.25) is 0 Å². The van der Waals surface area contributed by atoms with Gasteiger partial charge in [-0.3, -0.25) is 9.69 Å². The van der Waals surface area contributed by atoms with E-state index >= 15 is 0 Å². The van der Waals surface area contributed by atoms with Gasteiger partial charge in [-0.1, -0.05) is 18.2 Å². The number of benzene rings is 3. The van der Waals surface area contributed by atoms with Crippen LogP contribution in [0.25, 0.3) is 0 Å². The molecule has 2 heterocycles. The van der Waals surface area contributed by atoms with Crippen molar-refractivity contribution in [1.29, 1.82) is 0 Å². The Balaban J connectivity index is 1.52. The smallest absolute Gasteiger partial charge is 0.308 e. The van der Waals surface area contributed by atoms with E-state index in [9.17, 15) is 22.8 Å². The first-order valence-electron chi connectivity index (χ1n) is 10.6. The lowest BCUT2D eigenvalue weighted by Gasteiger charge is -2.33. The van der Waals surface area contributed by atoms with E-state index in [1.165, 1.54) is 58.0 Å². The van der Waals surface area contributed by atoms with Crippen LogP contribution in [-0.4, -0.2) is 29.1 Å². The lowest BCUT2D eigenvalue weighted by molar-refractivity contribution is -0.123. The fourth-order valence-electron chi connectivity index (χ4n) is 4.38. The summed E-state index contributed by atoms with van der Waals surface area (Å²) in [5.74, 6) is -1.30. The SMILES string of the molecule is Cc1ccc(NC(=O)N2CCSC23C(=O)N(Cc2ccc(F)cc2)c2ccc(F)cc23)cc1F. The monoisotopic (exact) mass is 483 g/mol. The van der Waals surface area contributed by atoms with Crippen molar-refractivity contribution in [1.82, 2.24) is 4.90 Å². The number of anilines is 2. The van der Waals surface area contributed by atoms with Crippen molar-refractivity contribution >= 4 is 35.1 Å². The fourth-order valence-corrected chi connectivity index (χ4v) is 5.83. The van der Waals surface area contributed by atoms with Crippen LogP contribution < -0.4 is 10.2 Å². The number of aryl methyl sites for hydroxylation is 1. The second-order valence-electron chi connectivity index (χ2n) is 8.22. The highest BCUT2D eigenvalue weighted by atomic mass is 32.2. The van der Waals surface area contributed by atoms with Crippen molar-refractivity contribution < 1.29 is 22.8 Å². The molecule has 1 spiro atoms. The third kappa shape index (κ3) is 3.60. The van der Waals surface area contributed by atoms with Crippen LogP contribution in [0.3, 0.4) is 0 Å². The standard InChI is InChI=1S/C25H20F3N3O2S/c1-15-2-8-19(13-21(15)28)29-24(33)31-10-11-34-25(31)20-12-18(27)7-9-22(20)30(23(25)32)14-16-3-5-17(26)6-4-16/h2-9,12-13H,10-11,14H2,1H3,(H,29,33). The van der Waals surface area contributed by atoms with Gasteiger partial charge in [0.2, 0.25) is 0 Å². The number of nitrogens with zero attached hydrogens (tertiary/aromatic N) is 2. The molecule has 0 saturated carbocycles. The summed E-state index contributed by atoms with van der Waals surface area (Å²) in [7, 11) is 0. The van der Waals surface area contributed by atoms with Crippen LogP contribution in [0.1, 0.15) is 16.7 Å². The molecular weight excluding hydrogens is 463 g/mol. The molecule has 3 aromatic rings. The summed E-state index contributed by atoms with van der Waals surface area (Å²) in [4.78, 5) is 28.6. The number of rotatable bonds is 3. The van der Waals surface area contributed by atoms with Crippen molar-refractivity contribution in [2.75, 3.05) is 22.5 Å². The third-order valence-corrected chi connectivity index (χ3v) is 7.50. The predicted molar refractivity (Wildman–Crippen MR) is 125 cm³/mol. The predicted octanol–water partition coefficient (Wildman–Crippen LogP) is 5.39. The highest BCUT2D eigenvalue weighted by molar-refractivity contribution is 8.01. The van der Waals surface area contributed by atoms with Crippen LogP contribution in [0.5, 0.6) is 0 Å². The summed E-state index contributed by atoms with van der Waals surface area (Å²) in [6, 6.07) is 13.6. The largest absolute Gasteiger partial charge is 0.323 e. The molecule has 1 fully saturated rings. The molecule has 5 rings (SSSR count). The molecule has 3 aromatic carbocycles. The topological polar surface area (TPSA) is 52.7 Å². The number of hydrogen-bond acceptors (Lipinski definition) is 3. The molecule has 0 aromatic heterocycles. The Labute approximate surface area is 198 Å². The first-order chi connectivity index (χ1) is 16.3. The molecule has 9 heteroatoms. The maximum absolute atomic E-state index is 14.3. The van der Waals surface area contributed by atoms with Crippen LogP contribution >= 0.6 is 11.8 Å². The maximum atomic E-state index is 14.3. The van der Waals surface area contributed by atoms with E-state index in [0.29, 0.717) is 28.1 Å². The van der Waals surface area contributed by atoms with Crippen molar-refractivity contribution in [3.05, 3.63) is 94.8 Å². The minimum Gasteiger partial charge on any atom is -0.308 e. The van der Waals surface area contributed by atoms with Gasteiger partial charge in [0.1, 0.15) is 17.5 Å². The van der Waals surface area contributed by atoms with Gasteiger partial charge in [-0.05, 0) is 60.5 Å². The van der Waals surface area contributed by atoms with E-state index in [1.54, 1.807) is 31.2 Å². The Morgan fingerprint density at radius 3 is 2.50 bits per heavy atom. The lowest BCUT2D eigenvalue weighted by Crippen LogP contribution is -2.51. The molecule has 2 aliphatic rings. The van der Waals surface area contributed by atoms with Crippen molar-refractivity contribution in [2.45, 2.75) is 18.3 Å². The van der Waals surface area contributed by atoms with Gasteiger partial charge in [-0.25, -0.2) is 18.0 Å². The molecular formula is C25H20F3N3O2S. The summed E-state index contributed by atoms with van der Waals surface area (Å²) in [6.07, 6.45) is 0. The zero-order valence-corrected chi connectivity index (χ0v) is 19.0. The Morgan fingerprint density at radius 2 is 1.76 bits per heavy atom. The summed E-state index contributed by atoms with van der Waals surface area (Å²) in [6.45, 7) is 2.00.